The summed E-state index contributed by atoms with van der Waals surface area (Å²) in [5.74, 6) is -0.939. The van der Waals surface area contributed by atoms with Crippen molar-refractivity contribution in [2.24, 2.45) is 0 Å². The van der Waals surface area contributed by atoms with Gasteiger partial charge >= 0.3 is 5.97 Å². The molecule has 2 aromatic carbocycles. The molecule has 4 heteroatoms. The number of rotatable bonds is 2. The molecule has 0 aliphatic rings. The molecule has 3 nitrogen and oxygen atoms in total. The van der Waals surface area contributed by atoms with Crippen LogP contribution in [0.2, 0.25) is 5.02 Å². The highest BCUT2D eigenvalue weighted by Gasteiger charge is 2.15. The topological polar surface area (TPSA) is 57.5 Å². The Morgan fingerprint density at radius 2 is 1.71 bits per heavy atom. The van der Waals surface area contributed by atoms with E-state index in [1.54, 1.807) is 24.3 Å². The molecular weight excluding hydrogens is 240 g/mol. The molecule has 2 aromatic rings. The number of hydrogen-bond acceptors (Lipinski definition) is 2. The zero-order valence-corrected chi connectivity index (χ0v) is 9.48. The predicted molar refractivity (Wildman–Crippen MR) is 65.5 cm³/mol. The van der Waals surface area contributed by atoms with Gasteiger partial charge in [-0.05, 0) is 29.3 Å². The van der Waals surface area contributed by atoms with Crippen LogP contribution in [0, 0.1) is 0 Å². The summed E-state index contributed by atoms with van der Waals surface area (Å²) in [6.07, 6.45) is 0. The summed E-state index contributed by atoms with van der Waals surface area (Å²) in [5.41, 5.74) is 1.30. The number of hydrogen-bond donors (Lipinski definition) is 2. The molecule has 0 atom stereocenters. The summed E-state index contributed by atoms with van der Waals surface area (Å²) in [6.45, 7) is 0. The summed E-state index contributed by atoms with van der Waals surface area (Å²) in [6, 6.07) is 11.2. The fourth-order valence-corrected chi connectivity index (χ4v) is 1.88. The van der Waals surface area contributed by atoms with Crippen LogP contribution in [-0.2, 0) is 0 Å². The Hall–Kier alpha value is -2.00. The molecule has 2 rings (SSSR count). The Morgan fingerprint density at radius 3 is 2.29 bits per heavy atom. The zero-order chi connectivity index (χ0) is 12.4. The lowest BCUT2D eigenvalue weighted by atomic mass is 9.99. The van der Waals surface area contributed by atoms with Crippen molar-refractivity contribution in [1.29, 1.82) is 0 Å². The Balaban J connectivity index is 2.63. The minimum atomic E-state index is -1.07. The first-order valence-corrected chi connectivity index (χ1v) is 5.28. The third-order valence-electron chi connectivity index (χ3n) is 2.41. The van der Waals surface area contributed by atoms with Gasteiger partial charge in [-0.2, -0.15) is 0 Å². The molecule has 0 saturated heterocycles. The van der Waals surface area contributed by atoms with E-state index < -0.39 is 5.97 Å². The molecule has 0 fully saturated rings. The van der Waals surface area contributed by atoms with E-state index in [2.05, 4.69) is 0 Å². The van der Waals surface area contributed by atoms with Crippen LogP contribution < -0.4 is 0 Å². The average molecular weight is 249 g/mol. The number of aromatic carboxylic acids is 1. The third kappa shape index (κ3) is 2.24. The van der Waals surface area contributed by atoms with Gasteiger partial charge in [0.2, 0.25) is 0 Å². The first kappa shape index (κ1) is 11.5. The van der Waals surface area contributed by atoms with Crippen LogP contribution in [0.15, 0.2) is 42.5 Å². The lowest BCUT2D eigenvalue weighted by Gasteiger charge is -2.07. The van der Waals surface area contributed by atoms with Gasteiger partial charge in [0.05, 0.1) is 10.6 Å². The molecule has 17 heavy (non-hydrogen) atoms. The van der Waals surface area contributed by atoms with E-state index in [1.807, 2.05) is 0 Å². The van der Waals surface area contributed by atoms with Gasteiger partial charge in [0.1, 0.15) is 5.75 Å². The molecule has 0 spiro atoms. The van der Waals surface area contributed by atoms with Gasteiger partial charge in [-0.3, -0.25) is 0 Å². The maximum Gasteiger partial charge on any atom is 0.337 e. The smallest absolute Gasteiger partial charge is 0.337 e. The normalized spacial score (nSPS) is 10.2. The second-order valence-electron chi connectivity index (χ2n) is 3.51. The van der Waals surface area contributed by atoms with Gasteiger partial charge in [-0.25, -0.2) is 4.79 Å². The summed E-state index contributed by atoms with van der Waals surface area (Å²) in [5, 5.41) is 18.5. The Bertz CT molecular complexity index is 561. The Kier molecular flexibility index (Phi) is 3.02. The number of phenols is 1. The van der Waals surface area contributed by atoms with Crippen molar-refractivity contribution in [3.63, 3.8) is 0 Å². The van der Waals surface area contributed by atoms with Crippen molar-refractivity contribution in [2.75, 3.05) is 0 Å². The minimum Gasteiger partial charge on any atom is -0.508 e. The maximum absolute atomic E-state index is 11.1. The molecular formula is C13H9ClO3. The average Bonchev–Trinajstić information content (AvgIpc) is 2.29. The molecule has 0 aromatic heterocycles. The van der Waals surface area contributed by atoms with Crippen molar-refractivity contribution in [3.8, 4) is 16.9 Å². The highest BCUT2D eigenvalue weighted by Crippen LogP contribution is 2.30. The van der Waals surface area contributed by atoms with E-state index in [-0.39, 0.29) is 16.3 Å². The molecule has 0 aliphatic heterocycles. The van der Waals surface area contributed by atoms with Crippen LogP contribution in [0.5, 0.6) is 5.75 Å². The van der Waals surface area contributed by atoms with Gasteiger partial charge in [0.25, 0.3) is 0 Å². The Labute approximate surface area is 103 Å². The highest BCUT2D eigenvalue weighted by molar-refractivity contribution is 6.34. The molecule has 0 bridgehead atoms. The molecule has 0 radical (unpaired) electrons. The minimum absolute atomic E-state index is 0.0693. The SMILES string of the molecule is O=C(O)c1c(Cl)cccc1-c1ccc(O)cc1. The molecule has 0 saturated carbocycles. The second-order valence-corrected chi connectivity index (χ2v) is 3.92. The molecule has 86 valence electrons. The monoisotopic (exact) mass is 248 g/mol. The molecule has 0 unspecified atom stereocenters. The lowest BCUT2D eigenvalue weighted by molar-refractivity contribution is 0.0698. The third-order valence-corrected chi connectivity index (χ3v) is 2.72. The molecule has 0 amide bonds. The van der Waals surface area contributed by atoms with Crippen LogP contribution in [0.25, 0.3) is 11.1 Å². The summed E-state index contributed by atoms with van der Waals surface area (Å²) in [4.78, 5) is 11.1. The van der Waals surface area contributed by atoms with Crippen LogP contribution >= 0.6 is 11.6 Å². The first-order chi connectivity index (χ1) is 8.09. The van der Waals surface area contributed by atoms with E-state index in [9.17, 15) is 9.90 Å². The number of carboxylic acids is 1. The van der Waals surface area contributed by atoms with E-state index in [4.69, 9.17) is 16.7 Å². The van der Waals surface area contributed by atoms with Crippen LogP contribution in [0.3, 0.4) is 0 Å². The molecule has 0 aliphatic carbocycles. The van der Waals surface area contributed by atoms with E-state index in [0.29, 0.717) is 11.1 Å². The number of halogens is 1. The van der Waals surface area contributed by atoms with Gasteiger partial charge < -0.3 is 10.2 Å². The maximum atomic E-state index is 11.1. The highest BCUT2D eigenvalue weighted by atomic mass is 35.5. The number of carbonyl (C=O) groups is 1. The van der Waals surface area contributed by atoms with Gasteiger partial charge in [0.15, 0.2) is 0 Å². The standard InChI is InChI=1S/C13H9ClO3/c14-11-3-1-2-10(12(11)13(16)17)8-4-6-9(15)7-5-8/h1-7,15H,(H,16,17). The largest absolute Gasteiger partial charge is 0.508 e. The number of aromatic hydroxyl groups is 1. The van der Waals surface area contributed by atoms with Crippen LogP contribution in [-0.4, -0.2) is 16.2 Å². The van der Waals surface area contributed by atoms with Gasteiger partial charge in [0, 0.05) is 0 Å². The van der Waals surface area contributed by atoms with Gasteiger partial charge in [-0.15, -0.1) is 0 Å². The van der Waals surface area contributed by atoms with Crippen molar-refractivity contribution in [2.45, 2.75) is 0 Å². The van der Waals surface area contributed by atoms with Crippen molar-refractivity contribution < 1.29 is 15.0 Å². The number of benzene rings is 2. The molecule has 2 N–H and O–H groups in total. The van der Waals surface area contributed by atoms with Crippen molar-refractivity contribution in [3.05, 3.63) is 53.1 Å². The Morgan fingerprint density at radius 1 is 1.06 bits per heavy atom. The second kappa shape index (κ2) is 4.47. The summed E-state index contributed by atoms with van der Waals surface area (Å²) < 4.78 is 0. The van der Waals surface area contributed by atoms with E-state index in [0.717, 1.165) is 0 Å². The fraction of sp³-hybridized carbons (Fsp3) is 0. The first-order valence-electron chi connectivity index (χ1n) is 4.91. The van der Waals surface area contributed by atoms with Crippen LogP contribution in [0.1, 0.15) is 10.4 Å². The van der Waals surface area contributed by atoms with Gasteiger partial charge in [-0.1, -0.05) is 35.9 Å². The summed E-state index contributed by atoms with van der Waals surface area (Å²) in [7, 11) is 0. The van der Waals surface area contributed by atoms with E-state index in [1.165, 1.54) is 18.2 Å². The lowest BCUT2D eigenvalue weighted by Crippen LogP contribution is -2.00. The molecule has 0 heterocycles. The summed E-state index contributed by atoms with van der Waals surface area (Å²) >= 11 is 5.88. The number of carboxylic acid groups (broad SMARTS) is 1. The zero-order valence-electron chi connectivity index (χ0n) is 8.72. The quantitative estimate of drug-likeness (QED) is 0.856. The fourth-order valence-electron chi connectivity index (χ4n) is 1.62. The van der Waals surface area contributed by atoms with E-state index >= 15 is 0 Å². The number of phenolic OH excluding ortho intramolecular Hbond substituents is 1. The van der Waals surface area contributed by atoms with Crippen molar-refractivity contribution in [1.82, 2.24) is 0 Å². The van der Waals surface area contributed by atoms with Crippen molar-refractivity contribution >= 4 is 17.6 Å². The van der Waals surface area contributed by atoms with Crippen LogP contribution in [0.4, 0.5) is 0 Å². The predicted octanol–water partition coefficient (Wildman–Crippen LogP) is 3.41.